The number of rotatable bonds is 4. The summed E-state index contributed by atoms with van der Waals surface area (Å²) in [6, 6.07) is 0. The van der Waals surface area contributed by atoms with Crippen LogP contribution in [-0.2, 0) is 16.9 Å². The molecule has 0 spiro atoms. The highest BCUT2D eigenvalue weighted by molar-refractivity contribution is 5.87. The van der Waals surface area contributed by atoms with Crippen molar-refractivity contribution in [3.05, 3.63) is 42.5 Å². The summed E-state index contributed by atoms with van der Waals surface area (Å²) in [4.78, 5) is 33.8. The standard InChI is InChI=1S/C17H22N6O/c24-16(22-7-1-2-8-22)17(15-11-18-5-6-20-15)4-3-9-23(17)12-14-10-19-13-21-14/h5-6,10-11,13H,1-4,7-9,12H2,(H,19,21)/t17-/m1/s1. The van der Waals surface area contributed by atoms with Crippen LogP contribution < -0.4 is 0 Å². The van der Waals surface area contributed by atoms with E-state index < -0.39 is 5.54 Å². The lowest BCUT2D eigenvalue weighted by Crippen LogP contribution is -2.54. The first kappa shape index (κ1) is 15.3. The Bertz CT molecular complexity index is 682. The van der Waals surface area contributed by atoms with Gasteiger partial charge in [0.05, 0.1) is 18.2 Å². The van der Waals surface area contributed by atoms with E-state index >= 15 is 0 Å². The van der Waals surface area contributed by atoms with Crippen molar-refractivity contribution < 1.29 is 4.79 Å². The van der Waals surface area contributed by atoms with Crippen LogP contribution in [0, 0.1) is 0 Å². The molecule has 2 aliphatic rings. The van der Waals surface area contributed by atoms with Crippen molar-refractivity contribution in [3.8, 4) is 0 Å². The second-order valence-electron chi connectivity index (χ2n) is 6.55. The van der Waals surface area contributed by atoms with E-state index in [0.717, 1.165) is 56.7 Å². The third kappa shape index (κ3) is 2.49. The maximum Gasteiger partial charge on any atom is 0.249 e. The number of aromatic nitrogens is 4. The molecule has 126 valence electrons. The normalized spacial score (nSPS) is 24.6. The van der Waals surface area contributed by atoms with Gasteiger partial charge in [-0.25, -0.2) is 4.98 Å². The van der Waals surface area contributed by atoms with Crippen molar-refractivity contribution in [1.29, 1.82) is 0 Å². The van der Waals surface area contributed by atoms with Gasteiger partial charge in [0.1, 0.15) is 5.54 Å². The van der Waals surface area contributed by atoms with Gasteiger partial charge in [0, 0.05) is 50.5 Å². The number of likely N-dealkylation sites (tertiary alicyclic amines) is 2. The lowest BCUT2D eigenvalue weighted by molar-refractivity contribution is -0.143. The van der Waals surface area contributed by atoms with Crippen molar-refractivity contribution in [1.82, 2.24) is 29.7 Å². The van der Waals surface area contributed by atoms with Gasteiger partial charge in [-0.2, -0.15) is 0 Å². The summed E-state index contributed by atoms with van der Waals surface area (Å²) in [6.07, 6.45) is 12.5. The van der Waals surface area contributed by atoms with Crippen LogP contribution in [0.25, 0.3) is 0 Å². The fourth-order valence-electron chi connectivity index (χ4n) is 4.00. The van der Waals surface area contributed by atoms with Gasteiger partial charge in [-0.1, -0.05) is 0 Å². The molecule has 2 aromatic rings. The van der Waals surface area contributed by atoms with E-state index in [0.29, 0.717) is 6.54 Å². The largest absolute Gasteiger partial charge is 0.347 e. The molecule has 4 rings (SSSR count). The number of nitrogens with one attached hydrogen (secondary N) is 1. The molecular weight excluding hydrogens is 304 g/mol. The highest BCUT2D eigenvalue weighted by Crippen LogP contribution is 2.40. The molecule has 2 aromatic heterocycles. The molecule has 2 saturated heterocycles. The van der Waals surface area contributed by atoms with Crippen molar-refractivity contribution in [2.24, 2.45) is 0 Å². The first-order chi connectivity index (χ1) is 11.8. The molecule has 7 heteroatoms. The smallest absolute Gasteiger partial charge is 0.249 e. The van der Waals surface area contributed by atoms with Crippen LogP contribution in [0.4, 0.5) is 0 Å². The zero-order chi connectivity index (χ0) is 16.4. The van der Waals surface area contributed by atoms with E-state index in [9.17, 15) is 4.79 Å². The summed E-state index contributed by atoms with van der Waals surface area (Å²) in [5.41, 5.74) is 1.07. The van der Waals surface area contributed by atoms with E-state index in [1.807, 2.05) is 11.1 Å². The fraction of sp³-hybridized carbons (Fsp3) is 0.529. The summed E-state index contributed by atoms with van der Waals surface area (Å²) < 4.78 is 0. The monoisotopic (exact) mass is 326 g/mol. The van der Waals surface area contributed by atoms with Crippen LogP contribution in [-0.4, -0.2) is 55.3 Å². The summed E-state index contributed by atoms with van der Waals surface area (Å²) in [7, 11) is 0. The molecule has 0 aliphatic carbocycles. The van der Waals surface area contributed by atoms with Gasteiger partial charge >= 0.3 is 0 Å². The number of imidazole rings is 1. The average molecular weight is 326 g/mol. The maximum absolute atomic E-state index is 13.5. The zero-order valence-electron chi connectivity index (χ0n) is 13.7. The lowest BCUT2D eigenvalue weighted by Gasteiger charge is -2.38. The van der Waals surface area contributed by atoms with Crippen molar-refractivity contribution >= 4 is 5.91 Å². The molecule has 1 amide bonds. The van der Waals surface area contributed by atoms with Crippen LogP contribution >= 0.6 is 0 Å². The molecule has 7 nitrogen and oxygen atoms in total. The third-order valence-electron chi connectivity index (χ3n) is 5.16. The Balaban J connectivity index is 1.73. The molecule has 2 fully saturated rings. The van der Waals surface area contributed by atoms with Crippen LogP contribution in [0.2, 0.25) is 0 Å². The number of carbonyl (C=O) groups excluding carboxylic acids is 1. The average Bonchev–Trinajstić information content (AvgIpc) is 3.38. The molecule has 1 N–H and O–H groups in total. The van der Waals surface area contributed by atoms with E-state index in [-0.39, 0.29) is 5.91 Å². The minimum atomic E-state index is -0.705. The summed E-state index contributed by atoms with van der Waals surface area (Å²) >= 11 is 0. The number of carbonyl (C=O) groups is 1. The molecule has 24 heavy (non-hydrogen) atoms. The molecule has 4 heterocycles. The quantitative estimate of drug-likeness (QED) is 0.917. The van der Waals surface area contributed by atoms with Crippen molar-refractivity contribution in [2.45, 2.75) is 37.8 Å². The predicted molar refractivity (Wildman–Crippen MR) is 87.8 cm³/mol. The van der Waals surface area contributed by atoms with Gasteiger partial charge in [0.2, 0.25) is 5.91 Å². The first-order valence-corrected chi connectivity index (χ1v) is 8.59. The second kappa shape index (κ2) is 6.32. The van der Waals surface area contributed by atoms with Crippen LogP contribution in [0.15, 0.2) is 31.1 Å². The van der Waals surface area contributed by atoms with Crippen LogP contribution in [0.1, 0.15) is 37.1 Å². The molecule has 0 bridgehead atoms. The summed E-state index contributed by atoms with van der Waals surface area (Å²) in [5.74, 6) is 0.178. The van der Waals surface area contributed by atoms with Crippen molar-refractivity contribution in [3.63, 3.8) is 0 Å². The third-order valence-corrected chi connectivity index (χ3v) is 5.16. The highest BCUT2D eigenvalue weighted by atomic mass is 16.2. The van der Waals surface area contributed by atoms with E-state index in [2.05, 4.69) is 24.8 Å². The molecular formula is C17H22N6O. The fourth-order valence-corrected chi connectivity index (χ4v) is 4.00. The molecule has 1 atom stereocenters. The van der Waals surface area contributed by atoms with Gasteiger partial charge in [0.15, 0.2) is 0 Å². The number of hydrogen-bond acceptors (Lipinski definition) is 5. The minimum Gasteiger partial charge on any atom is -0.347 e. The number of nitrogens with zero attached hydrogens (tertiary/aromatic N) is 5. The van der Waals surface area contributed by atoms with Crippen molar-refractivity contribution in [2.75, 3.05) is 19.6 Å². The Morgan fingerprint density at radius 2 is 2.00 bits per heavy atom. The molecule has 0 aromatic carbocycles. The lowest BCUT2D eigenvalue weighted by atomic mass is 9.90. The van der Waals surface area contributed by atoms with Gasteiger partial charge in [0.25, 0.3) is 0 Å². The van der Waals surface area contributed by atoms with Gasteiger partial charge < -0.3 is 9.88 Å². The molecule has 0 unspecified atom stereocenters. The Morgan fingerprint density at radius 1 is 1.12 bits per heavy atom. The Morgan fingerprint density at radius 3 is 2.71 bits per heavy atom. The minimum absolute atomic E-state index is 0.178. The van der Waals surface area contributed by atoms with Crippen LogP contribution in [0.5, 0.6) is 0 Å². The number of aromatic amines is 1. The number of amides is 1. The second-order valence-corrected chi connectivity index (χ2v) is 6.55. The SMILES string of the molecule is O=C(N1CCCC1)[C@]1(c2cnccn2)CCCN1Cc1cnc[nH]1. The topological polar surface area (TPSA) is 78.0 Å². The van der Waals surface area contributed by atoms with E-state index in [1.54, 1.807) is 24.9 Å². The maximum atomic E-state index is 13.5. The molecule has 2 aliphatic heterocycles. The zero-order valence-corrected chi connectivity index (χ0v) is 13.7. The summed E-state index contributed by atoms with van der Waals surface area (Å²) in [6.45, 7) is 3.23. The predicted octanol–water partition coefficient (Wildman–Crippen LogP) is 1.31. The Labute approximate surface area is 141 Å². The van der Waals surface area contributed by atoms with Crippen LogP contribution in [0.3, 0.4) is 0 Å². The summed E-state index contributed by atoms with van der Waals surface area (Å²) in [5, 5.41) is 0. The van der Waals surface area contributed by atoms with Gasteiger partial charge in [-0.05, 0) is 25.7 Å². The van der Waals surface area contributed by atoms with E-state index in [1.165, 1.54) is 0 Å². The highest BCUT2D eigenvalue weighted by Gasteiger charge is 2.52. The number of H-pyrrole nitrogens is 1. The van der Waals surface area contributed by atoms with E-state index in [4.69, 9.17) is 0 Å². The molecule has 0 radical (unpaired) electrons. The van der Waals surface area contributed by atoms with Gasteiger partial charge in [-0.15, -0.1) is 0 Å². The Hall–Kier alpha value is -2.28. The van der Waals surface area contributed by atoms with Gasteiger partial charge in [-0.3, -0.25) is 19.7 Å². The number of hydrogen-bond donors (Lipinski definition) is 1. The Kier molecular flexibility index (Phi) is 4.02. The molecule has 0 saturated carbocycles. The first-order valence-electron chi connectivity index (χ1n) is 8.59.